The van der Waals surface area contributed by atoms with Crippen LogP contribution in [0.15, 0.2) is 47.4 Å². The summed E-state index contributed by atoms with van der Waals surface area (Å²) in [6.07, 6.45) is 0. The highest BCUT2D eigenvalue weighted by atomic mass is 32.2. The molecule has 19 heavy (non-hydrogen) atoms. The van der Waals surface area contributed by atoms with E-state index in [0.717, 1.165) is 16.9 Å². The Kier molecular flexibility index (Phi) is 4.82. The third-order valence-corrected chi connectivity index (χ3v) is 3.92. The Labute approximate surface area is 116 Å². The molecule has 2 nitrogen and oxygen atoms in total. The highest BCUT2D eigenvalue weighted by Crippen LogP contribution is 2.27. The van der Waals surface area contributed by atoms with Crippen LogP contribution in [0.25, 0.3) is 0 Å². The topological polar surface area (TPSA) is 35.2 Å². The first kappa shape index (κ1) is 13.9. The molecule has 0 aliphatic carbocycles. The fourth-order valence-electron chi connectivity index (χ4n) is 1.80. The van der Waals surface area contributed by atoms with Crippen LogP contribution in [0, 0.1) is 5.82 Å². The number of rotatable bonds is 5. The zero-order valence-corrected chi connectivity index (χ0v) is 11.5. The number of hydrogen-bond acceptors (Lipinski definition) is 3. The monoisotopic (exact) mass is 277 g/mol. The molecule has 0 unspecified atom stereocenters. The smallest absolute Gasteiger partial charge is 0.136 e. The van der Waals surface area contributed by atoms with Crippen molar-refractivity contribution in [1.29, 1.82) is 0 Å². The van der Waals surface area contributed by atoms with Crippen LogP contribution in [-0.2, 0) is 12.3 Å². The third kappa shape index (κ3) is 3.49. The number of halogens is 1. The van der Waals surface area contributed by atoms with Crippen LogP contribution in [0.5, 0.6) is 5.75 Å². The van der Waals surface area contributed by atoms with Gasteiger partial charge in [-0.25, -0.2) is 4.39 Å². The molecule has 0 saturated heterocycles. The highest BCUT2D eigenvalue weighted by molar-refractivity contribution is 7.98. The molecule has 0 spiro atoms. The normalized spacial score (nSPS) is 10.5. The maximum Gasteiger partial charge on any atom is 0.136 e. The van der Waals surface area contributed by atoms with Gasteiger partial charge in [0.15, 0.2) is 0 Å². The lowest BCUT2D eigenvalue weighted by Gasteiger charge is -2.09. The zero-order chi connectivity index (χ0) is 13.7. The molecular weight excluding hydrogens is 261 g/mol. The average Bonchev–Trinajstić information content (AvgIpc) is 2.46. The first-order valence-corrected chi connectivity index (χ1v) is 6.96. The van der Waals surface area contributed by atoms with E-state index in [4.69, 9.17) is 10.5 Å². The molecule has 0 heterocycles. The molecule has 2 rings (SSSR count). The summed E-state index contributed by atoms with van der Waals surface area (Å²) in [5.41, 5.74) is 7.75. The fourth-order valence-corrected chi connectivity index (χ4v) is 2.69. The largest absolute Gasteiger partial charge is 0.496 e. The van der Waals surface area contributed by atoms with Crippen LogP contribution in [0.4, 0.5) is 4.39 Å². The SMILES string of the molecule is COc1ccc(CSc2ccccc2F)cc1CN. The molecule has 0 amide bonds. The summed E-state index contributed by atoms with van der Waals surface area (Å²) >= 11 is 1.48. The standard InChI is InChI=1S/C15H16FNOS/c1-18-14-7-6-11(8-12(14)9-17)10-19-15-5-3-2-4-13(15)16/h2-8H,9-10,17H2,1H3. The van der Waals surface area contributed by atoms with E-state index in [0.29, 0.717) is 17.2 Å². The number of hydrogen-bond donors (Lipinski definition) is 1. The van der Waals surface area contributed by atoms with Gasteiger partial charge in [0, 0.05) is 22.8 Å². The molecular formula is C15H16FNOS. The average molecular weight is 277 g/mol. The minimum atomic E-state index is -0.180. The third-order valence-electron chi connectivity index (χ3n) is 2.80. The van der Waals surface area contributed by atoms with Gasteiger partial charge in [-0.2, -0.15) is 0 Å². The van der Waals surface area contributed by atoms with Crippen LogP contribution in [0.2, 0.25) is 0 Å². The molecule has 0 bridgehead atoms. The quantitative estimate of drug-likeness (QED) is 0.848. The van der Waals surface area contributed by atoms with E-state index < -0.39 is 0 Å². The van der Waals surface area contributed by atoms with Crippen molar-refractivity contribution < 1.29 is 9.13 Å². The van der Waals surface area contributed by atoms with E-state index in [-0.39, 0.29) is 5.82 Å². The van der Waals surface area contributed by atoms with Crippen molar-refractivity contribution in [2.24, 2.45) is 5.73 Å². The number of benzene rings is 2. The second-order valence-electron chi connectivity index (χ2n) is 4.07. The van der Waals surface area contributed by atoms with Gasteiger partial charge in [-0.15, -0.1) is 11.8 Å². The summed E-state index contributed by atoms with van der Waals surface area (Å²) in [4.78, 5) is 0.660. The molecule has 0 radical (unpaired) electrons. The number of ether oxygens (including phenoxy) is 1. The summed E-state index contributed by atoms with van der Waals surface area (Å²) < 4.78 is 18.7. The molecule has 0 aromatic heterocycles. The molecule has 4 heteroatoms. The van der Waals surface area contributed by atoms with Crippen molar-refractivity contribution in [2.45, 2.75) is 17.2 Å². The molecule has 2 aromatic carbocycles. The van der Waals surface area contributed by atoms with Gasteiger partial charge < -0.3 is 10.5 Å². The van der Waals surface area contributed by atoms with Crippen LogP contribution in [-0.4, -0.2) is 7.11 Å². The number of nitrogens with two attached hydrogens (primary N) is 1. The first-order valence-electron chi connectivity index (χ1n) is 5.97. The molecule has 100 valence electrons. The van der Waals surface area contributed by atoms with Crippen molar-refractivity contribution in [3.05, 3.63) is 59.4 Å². The van der Waals surface area contributed by atoms with E-state index in [1.807, 2.05) is 24.3 Å². The first-order chi connectivity index (χ1) is 9.24. The summed E-state index contributed by atoms with van der Waals surface area (Å²) in [7, 11) is 1.63. The van der Waals surface area contributed by atoms with Crippen molar-refractivity contribution in [3.63, 3.8) is 0 Å². The lowest BCUT2D eigenvalue weighted by molar-refractivity contribution is 0.409. The lowest BCUT2D eigenvalue weighted by atomic mass is 10.1. The minimum absolute atomic E-state index is 0.180. The van der Waals surface area contributed by atoms with Gasteiger partial charge >= 0.3 is 0 Å². The predicted octanol–water partition coefficient (Wildman–Crippen LogP) is 3.59. The number of methoxy groups -OCH3 is 1. The molecule has 0 atom stereocenters. The second-order valence-corrected chi connectivity index (χ2v) is 5.09. The molecule has 2 N–H and O–H groups in total. The second kappa shape index (κ2) is 6.59. The van der Waals surface area contributed by atoms with Gasteiger partial charge in [-0.1, -0.05) is 18.2 Å². The van der Waals surface area contributed by atoms with Crippen molar-refractivity contribution >= 4 is 11.8 Å². The predicted molar refractivity (Wildman–Crippen MR) is 76.8 cm³/mol. The molecule has 2 aromatic rings. The Bertz CT molecular complexity index is 560. The van der Waals surface area contributed by atoms with E-state index in [2.05, 4.69) is 0 Å². The van der Waals surface area contributed by atoms with Gasteiger partial charge in [-0.3, -0.25) is 0 Å². The maximum atomic E-state index is 13.5. The van der Waals surface area contributed by atoms with Gasteiger partial charge in [0.2, 0.25) is 0 Å². The van der Waals surface area contributed by atoms with E-state index in [1.54, 1.807) is 19.2 Å². The van der Waals surface area contributed by atoms with Gasteiger partial charge in [0.1, 0.15) is 11.6 Å². The van der Waals surface area contributed by atoms with Crippen LogP contribution in [0.3, 0.4) is 0 Å². The number of thioether (sulfide) groups is 1. The maximum absolute atomic E-state index is 13.5. The Morgan fingerprint density at radius 2 is 2.00 bits per heavy atom. The summed E-state index contributed by atoms with van der Waals surface area (Å²) in [6, 6.07) is 12.7. The highest BCUT2D eigenvalue weighted by Gasteiger charge is 2.05. The van der Waals surface area contributed by atoms with Crippen molar-refractivity contribution in [1.82, 2.24) is 0 Å². The summed E-state index contributed by atoms with van der Waals surface area (Å²) in [6.45, 7) is 0.432. The Morgan fingerprint density at radius 3 is 2.68 bits per heavy atom. The Hall–Kier alpha value is -1.52. The molecule has 0 aliphatic heterocycles. The minimum Gasteiger partial charge on any atom is -0.496 e. The molecule has 0 fully saturated rings. The molecule has 0 aliphatic rings. The van der Waals surface area contributed by atoms with Gasteiger partial charge in [0.25, 0.3) is 0 Å². The van der Waals surface area contributed by atoms with Crippen LogP contribution >= 0.6 is 11.8 Å². The Morgan fingerprint density at radius 1 is 1.21 bits per heavy atom. The lowest BCUT2D eigenvalue weighted by Crippen LogP contribution is -2.00. The Balaban J connectivity index is 2.10. The van der Waals surface area contributed by atoms with Crippen molar-refractivity contribution in [2.75, 3.05) is 7.11 Å². The van der Waals surface area contributed by atoms with Gasteiger partial charge in [-0.05, 0) is 29.8 Å². The van der Waals surface area contributed by atoms with Crippen LogP contribution in [0.1, 0.15) is 11.1 Å². The van der Waals surface area contributed by atoms with E-state index in [9.17, 15) is 4.39 Å². The summed E-state index contributed by atoms with van der Waals surface area (Å²) in [5, 5.41) is 0. The van der Waals surface area contributed by atoms with E-state index in [1.165, 1.54) is 17.8 Å². The summed E-state index contributed by atoms with van der Waals surface area (Å²) in [5.74, 6) is 1.32. The zero-order valence-electron chi connectivity index (χ0n) is 10.7. The van der Waals surface area contributed by atoms with Crippen LogP contribution < -0.4 is 10.5 Å². The van der Waals surface area contributed by atoms with Crippen molar-refractivity contribution in [3.8, 4) is 5.75 Å². The fraction of sp³-hybridized carbons (Fsp3) is 0.200. The van der Waals surface area contributed by atoms with Gasteiger partial charge in [0.05, 0.1) is 7.11 Å². The molecule has 0 saturated carbocycles. The van der Waals surface area contributed by atoms with E-state index >= 15 is 0 Å².